The van der Waals surface area contributed by atoms with Gasteiger partial charge in [-0.3, -0.25) is 0 Å². The Morgan fingerprint density at radius 1 is 1.07 bits per heavy atom. The Balaban J connectivity index is 1.52. The summed E-state index contributed by atoms with van der Waals surface area (Å²) >= 11 is 0. The highest BCUT2D eigenvalue weighted by atomic mass is 16.5. The lowest BCUT2D eigenvalue weighted by molar-refractivity contribution is 0.0520. The van der Waals surface area contributed by atoms with Gasteiger partial charge in [-0.1, -0.05) is 0 Å². The summed E-state index contributed by atoms with van der Waals surface area (Å²) in [6.45, 7) is 4.98. The lowest BCUT2D eigenvalue weighted by Crippen LogP contribution is -2.33. The van der Waals surface area contributed by atoms with E-state index in [0.717, 1.165) is 38.8 Å². The first-order valence-corrected chi connectivity index (χ1v) is 5.85. The predicted molar refractivity (Wildman–Crippen MR) is 55.4 cm³/mol. The second kappa shape index (κ2) is 5.69. The van der Waals surface area contributed by atoms with Crippen molar-refractivity contribution in [2.75, 3.05) is 32.9 Å². The molecule has 3 nitrogen and oxygen atoms in total. The van der Waals surface area contributed by atoms with Crippen LogP contribution in [0.2, 0.25) is 0 Å². The molecule has 0 aromatic carbocycles. The summed E-state index contributed by atoms with van der Waals surface area (Å²) in [6, 6.07) is 0. The third-order valence-corrected chi connectivity index (χ3v) is 3.08. The van der Waals surface area contributed by atoms with Crippen LogP contribution in [0.1, 0.15) is 25.7 Å². The molecule has 2 rings (SSSR count). The monoisotopic (exact) mass is 199 g/mol. The Bertz CT molecular complexity index is 151. The van der Waals surface area contributed by atoms with Gasteiger partial charge in [0.2, 0.25) is 0 Å². The molecule has 2 atom stereocenters. The van der Waals surface area contributed by atoms with Crippen molar-refractivity contribution in [2.45, 2.75) is 31.8 Å². The Kier molecular flexibility index (Phi) is 4.22. The Morgan fingerprint density at radius 3 is 2.71 bits per heavy atom. The van der Waals surface area contributed by atoms with E-state index in [1.807, 2.05) is 0 Å². The van der Waals surface area contributed by atoms with Gasteiger partial charge in [0.1, 0.15) is 0 Å². The van der Waals surface area contributed by atoms with Gasteiger partial charge in [-0.25, -0.2) is 0 Å². The molecule has 2 saturated heterocycles. The molecule has 3 heteroatoms. The van der Waals surface area contributed by atoms with Crippen LogP contribution in [0.25, 0.3) is 0 Å². The van der Waals surface area contributed by atoms with Gasteiger partial charge in [0, 0.05) is 26.3 Å². The summed E-state index contributed by atoms with van der Waals surface area (Å²) in [6.07, 6.45) is 5.48. The SMILES string of the molecule is C1COC[C@H](CNC[C@@H]2CCCO2)C1. The highest BCUT2D eigenvalue weighted by Crippen LogP contribution is 2.13. The van der Waals surface area contributed by atoms with Crippen molar-refractivity contribution in [2.24, 2.45) is 5.92 Å². The molecule has 2 aliphatic rings. The van der Waals surface area contributed by atoms with Crippen molar-refractivity contribution >= 4 is 0 Å². The Labute approximate surface area is 86.2 Å². The molecule has 82 valence electrons. The van der Waals surface area contributed by atoms with Crippen molar-refractivity contribution in [1.82, 2.24) is 5.32 Å². The fraction of sp³-hybridized carbons (Fsp3) is 1.00. The number of hydrogen-bond acceptors (Lipinski definition) is 3. The van der Waals surface area contributed by atoms with E-state index in [1.54, 1.807) is 0 Å². The van der Waals surface area contributed by atoms with Gasteiger partial charge in [-0.2, -0.15) is 0 Å². The van der Waals surface area contributed by atoms with E-state index in [-0.39, 0.29) is 0 Å². The van der Waals surface area contributed by atoms with Gasteiger partial charge in [0.15, 0.2) is 0 Å². The molecule has 0 amide bonds. The standard InChI is InChI=1S/C11H21NO2/c1-3-10(9-13-5-1)7-12-8-11-4-2-6-14-11/h10-12H,1-9H2/t10-,11-/m0/s1. The van der Waals surface area contributed by atoms with Gasteiger partial charge >= 0.3 is 0 Å². The zero-order chi connectivity index (χ0) is 9.64. The van der Waals surface area contributed by atoms with Gasteiger partial charge in [-0.05, 0) is 31.6 Å². The van der Waals surface area contributed by atoms with Crippen molar-refractivity contribution < 1.29 is 9.47 Å². The second-order valence-electron chi connectivity index (χ2n) is 4.38. The Morgan fingerprint density at radius 2 is 2.00 bits per heavy atom. The molecule has 2 heterocycles. The maximum atomic E-state index is 5.55. The van der Waals surface area contributed by atoms with E-state index >= 15 is 0 Å². The molecule has 0 bridgehead atoms. The molecule has 0 unspecified atom stereocenters. The van der Waals surface area contributed by atoms with E-state index < -0.39 is 0 Å². The average Bonchev–Trinajstić information content (AvgIpc) is 2.72. The van der Waals surface area contributed by atoms with Crippen molar-refractivity contribution in [1.29, 1.82) is 0 Å². The summed E-state index contributed by atoms with van der Waals surface area (Å²) in [5.74, 6) is 0.727. The summed E-state index contributed by atoms with van der Waals surface area (Å²) in [7, 11) is 0. The van der Waals surface area contributed by atoms with E-state index in [9.17, 15) is 0 Å². The molecule has 2 aliphatic heterocycles. The van der Waals surface area contributed by atoms with Crippen LogP contribution < -0.4 is 5.32 Å². The topological polar surface area (TPSA) is 30.5 Å². The lowest BCUT2D eigenvalue weighted by Gasteiger charge is -2.22. The minimum Gasteiger partial charge on any atom is -0.381 e. The van der Waals surface area contributed by atoms with Crippen molar-refractivity contribution in [3.8, 4) is 0 Å². The van der Waals surface area contributed by atoms with Gasteiger partial charge in [0.05, 0.1) is 12.7 Å². The first-order chi connectivity index (χ1) is 6.95. The number of nitrogens with one attached hydrogen (secondary N) is 1. The molecular formula is C11H21NO2. The largest absolute Gasteiger partial charge is 0.381 e. The minimum atomic E-state index is 0.472. The number of rotatable bonds is 4. The van der Waals surface area contributed by atoms with Crippen LogP contribution in [-0.4, -0.2) is 39.0 Å². The maximum Gasteiger partial charge on any atom is 0.0700 e. The van der Waals surface area contributed by atoms with Gasteiger partial charge in [0.25, 0.3) is 0 Å². The molecule has 0 saturated carbocycles. The van der Waals surface area contributed by atoms with Gasteiger partial charge in [-0.15, -0.1) is 0 Å². The lowest BCUT2D eigenvalue weighted by atomic mass is 10.0. The second-order valence-corrected chi connectivity index (χ2v) is 4.38. The molecular weight excluding hydrogens is 178 g/mol. The van der Waals surface area contributed by atoms with E-state index in [2.05, 4.69) is 5.32 Å². The normalized spacial score (nSPS) is 33.4. The highest BCUT2D eigenvalue weighted by molar-refractivity contribution is 4.70. The molecule has 0 aliphatic carbocycles. The smallest absolute Gasteiger partial charge is 0.0700 e. The molecule has 2 fully saturated rings. The third kappa shape index (κ3) is 3.23. The quantitative estimate of drug-likeness (QED) is 0.737. The zero-order valence-corrected chi connectivity index (χ0v) is 8.84. The number of ether oxygens (including phenoxy) is 2. The van der Waals surface area contributed by atoms with E-state index in [4.69, 9.17) is 9.47 Å². The molecule has 0 radical (unpaired) electrons. The van der Waals surface area contributed by atoms with Crippen LogP contribution in [-0.2, 0) is 9.47 Å². The third-order valence-electron chi connectivity index (χ3n) is 3.08. The maximum absolute atomic E-state index is 5.55. The first kappa shape index (κ1) is 10.4. The molecule has 0 aromatic rings. The average molecular weight is 199 g/mol. The van der Waals surface area contributed by atoms with E-state index in [1.165, 1.54) is 25.7 Å². The van der Waals surface area contributed by atoms with Crippen LogP contribution in [0.4, 0.5) is 0 Å². The van der Waals surface area contributed by atoms with Crippen molar-refractivity contribution in [3.05, 3.63) is 0 Å². The van der Waals surface area contributed by atoms with Crippen LogP contribution >= 0.6 is 0 Å². The molecule has 1 N–H and O–H groups in total. The van der Waals surface area contributed by atoms with Crippen molar-refractivity contribution in [3.63, 3.8) is 0 Å². The molecule has 0 spiro atoms. The van der Waals surface area contributed by atoms with Gasteiger partial charge < -0.3 is 14.8 Å². The minimum absolute atomic E-state index is 0.472. The highest BCUT2D eigenvalue weighted by Gasteiger charge is 2.17. The Hall–Kier alpha value is -0.120. The summed E-state index contributed by atoms with van der Waals surface area (Å²) in [4.78, 5) is 0. The first-order valence-electron chi connectivity index (χ1n) is 5.85. The van der Waals surface area contributed by atoms with Crippen LogP contribution in [0.15, 0.2) is 0 Å². The van der Waals surface area contributed by atoms with Crippen LogP contribution in [0.5, 0.6) is 0 Å². The molecule has 14 heavy (non-hydrogen) atoms. The zero-order valence-electron chi connectivity index (χ0n) is 8.84. The summed E-state index contributed by atoms with van der Waals surface area (Å²) < 4.78 is 11.0. The summed E-state index contributed by atoms with van der Waals surface area (Å²) in [5.41, 5.74) is 0. The molecule has 0 aromatic heterocycles. The summed E-state index contributed by atoms with van der Waals surface area (Å²) in [5, 5.41) is 3.49. The van der Waals surface area contributed by atoms with Crippen LogP contribution in [0, 0.1) is 5.92 Å². The predicted octanol–water partition coefficient (Wildman–Crippen LogP) is 1.18. The van der Waals surface area contributed by atoms with Crippen LogP contribution in [0.3, 0.4) is 0 Å². The fourth-order valence-electron chi connectivity index (χ4n) is 2.22. The van der Waals surface area contributed by atoms with E-state index in [0.29, 0.717) is 6.10 Å². The number of hydrogen-bond donors (Lipinski definition) is 1. The fourth-order valence-corrected chi connectivity index (χ4v) is 2.22.